The molecule has 1 aromatic carbocycles. The molecule has 0 saturated carbocycles. The number of carbonyl (C=O) groups excluding carboxylic acids is 2. The van der Waals surface area contributed by atoms with Crippen LogP contribution in [0.15, 0.2) is 23.1 Å². The van der Waals surface area contributed by atoms with Crippen molar-refractivity contribution in [3.8, 4) is 0 Å². The van der Waals surface area contributed by atoms with Gasteiger partial charge in [0, 0.05) is 17.0 Å². The van der Waals surface area contributed by atoms with Crippen LogP contribution in [-0.4, -0.2) is 51.7 Å². The van der Waals surface area contributed by atoms with Gasteiger partial charge in [-0.2, -0.15) is 8.42 Å². The number of thioether (sulfide) groups is 1. The molecule has 2 aliphatic heterocycles. The Kier molecular flexibility index (Phi) is 4.70. The third-order valence-corrected chi connectivity index (χ3v) is 5.19. The Labute approximate surface area is 143 Å². The summed E-state index contributed by atoms with van der Waals surface area (Å²) >= 11 is 1.44. The molecule has 0 aromatic heterocycles. The molecule has 0 aliphatic carbocycles. The summed E-state index contributed by atoms with van der Waals surface area (Å²) in [6, 6.07) is 5.37. The average Bonchev–Trinajstić information content (AvgIpc) is 2.86. The summed E-state index contributed by atoms with van der Waals surface area (Å²) in [4.78, 5) is 25.9. The molecule has 3 rings (SSSR count). The third kappa shape index (κ3) is 4.00. The molecule has 0 bridgehead atoms. The fourth-order valence-electron chi connectivity index (χ4n) is 2.45. The van der Waals surface area contributed by atoms with Gasteiger partial charge in [-0.15, -0.1) is 11.8 Å². The highest BCUT2D eigenvalue weighted by atomic mass is 32.2. The number of fused-ring (bicyclic) bond motifs is 1. The van der Waals surface area contributed by atoms with Crippen LogP contribution < -0.4 is 10.2 Å². The van der Waals surface area contributed by atoms with Crippen molar-refractivity contribution in [1.82, 2.24) is 0 Å². The Bertz CT molecular complexity index is 779. The fraction of sp³-hybridized carbons (Fsp3) is 0.429. The zero-order chi connectivity index (χ0) is 17.3. The van der Waals surface area contributed by atoms with Gasteiger partial charge in [0.25, 0.3) is 10.1 Å². The summed E-state index contributed by atoms with van der Waals surface area (Å²) in [5.41, 5.74) is 1.29. The molecule has 1 saturated heterocycles. The second-order valence-corrected chi connectivity index (χ2v) is 8.11. The summed E-state index contributed by atoms with van der Waals surface area (Å²) in [5.74, 6) is 0.296. The number of carbonyl (C=O) groups is 2. The minimum atomic E-state index is -3.51. The van der Waals surface area contributed by atoms with E-state index in [1.54, 1.807) is 12.1 Å². The number of rotatable bonds is 5. The maximum absolute atomic E-state index is 12.0. The van der Waals surface area contributed by atoms with Crippen molar-refractivity contribution in [2.75, 3.05) is 35.4 Å². The number of cyclic esters (lactones) is 1. The molecule has 1 aromatic rings. The normalized spacial score (nSPS) is 20.5. The lowest BCUT2D eigenvalue weighted by atomic mass is 10.2. The Morgan fingerprint density at radius 3 is 2.96 bits per heavy atom. The number of nitrogens with one attached hydrogen (secondary N) is 1. The van der Waals surface area contributed by atoms with E-state index in [4.69, 9.17) is 4.74 Å². The summed E-state index contributed by atoms with van der Waals surface area (Å²) < 4.78 is 31.8. The van der Waals surface area contributed by atoms with Crippen molar-refractivity contribution in [1.29, 1.82) is 0 Å². The van der Waals surface area contributed by atoms with Gasteiger partial charge in [-0.3, -0.25) is 13.9 Å². The minimum absolute atomic E-state index is 0.0402. The Morgan fingerprint density at radius 1 is 1.42 bits per heavy atom. The average molecular weight is 372 g/mol. The fourth-order valence-corrected chi connectivity index (χ4v) is 3.64. The molecular formula is C14H16N2O6S2. The van der Waals surface area contributed by atoms with Crippen LogP contribution in [0.1, 0.15) is 6.42 Å². The zero-order valence-electron chi connectivity index (χ0n) is 12.9. The molecule has 1 fully saturated rings. The van der Waals surface area contributed by atoms with E-state index in [1.807, 2.05) is 6.07 Å². The van der Waals surface area contributed by atoms with Crippen LogP contribution in [0.3, 0.4) is 0 Å². The van der Waals surface area contributed by atoms with Gasteiger partial charge in [0.2, 0.25) is 5.91 Å². The van der Waals surface area contributed by atoms with Crippen LogP contribution in [0.5, 0.6) is 0 Å². The second-order valence-electron chi connectivity index (χ2n) is 5.45. The first-order chi connectivity index (χ1) is 11.3. The molecule has 1 unspecified atom stereocenters. The van der Waals surface area contributed by atoms with Crippen LogP contribution in [0, 0.1) is 0 Å². The molecule has 0 radical (unpaired) electrons. The summed E-state index contributed by atoms with van der Waals surface area (Å²) in [7, 11) is -3.51. The van der Waals surface area contributed by atoms with Crippen molar-refractivity contribution >= 4 is 45.3 Å². The Hall–Kier alpha value is -1.78. The molecule has 1 atom stereocenters. The van der Waals surface area contributed by atoms with E-state index in [2.05, 4.69) is 9.50 Å². The van der Waals surface area contributed by atoms with Crippen LogP contribution >= 0.6 is 11.8 Å². The van der Waals surface area contributed by atoms with Gasteiger partial charge in [0.15, 0.2) is 0 Å². The van der Waals surface area contributed by atoms with Gasteiger partial charge < -0.3 is 10.1 Å². The third-order valence-electron chi connectivity index (χ3n) is 3.52. The standard InChI is InChI=1S/C14H16N2O6S2/c1-24(19,20)21-5-4-10-7-16(14(18)22-10)9-2-3-12-11(6-9)15-13(17)8-23-12/h2-3,6,10H,4-5,7-8H2,1H3,(H,15,17). The summed E-state index contributed by atoms with van der Waals surface area (Å²) in [6.45, 7) is 0.257. The molecule has 130 valence electrons. The van der Waals surface area contributed by atoms with Crippen molar-refractivity contribution in [2.45, 2.75) is 17.4 Å². The highest BCUT2D eigenvalue weighted by molar-refractivity contribution is 8.00. The predicted molar refractivity (Wildman–Crippen MR) is 88.8 cm³/mol. The van der Waals surface area contributed by atoms with E-state index in [1.165, 1.54) is 16.7 Å². The minimum Gasteiger partial charge on any atom is -0.444 e. The van der Waals surface area contributed by atoms with E-state index in [0.29, 0.717) is 23.7 Å². The summed E-state index contributed by atoms with van der Waals surface area (Å²) in [6.07, 6.45) is 0.306. The number of nitrogens with zero attached hydrogens (tertiary/aromatic N) is 1. The first-order valence-corrected chi connectivity index (χ1v) is 10.0. The number of benzene rings is 1. The number of hydrogen-bond acceptors (Lipinski definition) is 7. The van der Waals surface area contributed by atoms with Crippen molar-refractivity contribution in [3.05, 3.63) is 18.2 Å². The van der Waals surface area contributed by atoms with Crippen LogP contribution in [0.25, 0.3) is 0 Å². The van der Waals surface area contributed by atoms with Gasteiger partial charge in [-0.25, -0.2) is 4.79 Å². The van der Waals surface area contributed by atoms with Crippen LogP contribution in [0.2, 0.25) is 0 Å². The first kappa shape index (κ1) is 17.1. The van der Waals surface area contributed by atoms with Crippen LogP contribution in [0.4, 0.5) is 16.2 Å². The quantitative estimate of drug-likeness (QED) is 0.780. The molecule has 2 aliphatic rings. The van der Waals surface area contributed by atoms with Crippen molar-refractivity contribution < 1.29 is 26.9 Å². The summed E-state index contributed by atoms with van der Waals surface area (Å²) in [5, 5.41) is 2.78. The van der Waals surface area contributed by atoms with Gasteiger partial charge in [-0.05, 0) is 18.2 Å². The molecule has 1 N–H and O–H groups in total. The van der Waals surface area contributed by atoms with E-state index >= 15 is 0 Å². The molecule has 2 amide bonds. The molecule has 2 heterocycles. The molecule has 8 nitrogen and oxygen atoms in total. The molecular weight excluding hydrogens is 356 g/mol. The lowest BCUT2D eigenvalue weighted by Crippen LogP contribution is -2.25. The van der Waals surface area contributed by atoms with Crippen LogP contribution in [-0.2, 0) is 23.8 Å². The molecule has 0 spiro atoms. The predicted octanol–water partition coefficient (Wildman–Crippen LogP) is 1.42. The van der Waals surface area contributed by atoms with Gasteiger partial charge in [0.1, 0.15) is 6.10 Å². The van der Waals surface area contributed by atoms with Crippen molar-refractivity contribution in [2.24, 2.45) is 0 Å². The van der Waals surface area contributed by atoms with Gasteiger partial charge in [-0.1, -0.05) is 0 Å². The number of hydrogen-bond donors (Lipinski definition) is 1. The Morgan fingerprint density at radius 2 is 2.21 bits per heavy atom. The monoisotopic (exact) mass is 372 g/mol. The first-order valence-electron chi connectivity index (χ1n) is 7.21. The maximum Gasteiger partial charge on any atom is 0.414 e. The zero-order valence-corrected chi connectivity index (χ0v) is 14.5. The topological polar surface area (TPSA) is 102 Å². The lowest BCUT2D eigenvalue weighted by Gasteiger charge is -2.19. The van der Waals surface area contributed by atoms with E-state index in [-0.39, 0.29) is 18.9 Å². The molecule has 24 heavy (non-hydrogen) atoms. The van der Waals surface area contributed by atoms with E-state index in [0.717, 1.165) is 11.2 Å². The van der Waals surface area contributed by atoms with Gasteiger partial charge in [0.05, 0.1) is 30.8 Å². The number of ether oxygens (including phenoxy) is 1. The smallest absolute Gasteiger partial charge is 0.414 e. The maximum atomic E-state index is 12.0. The number of anilines is 2. The highest BCUT2D eigenvalue weighted by Gasteiger charge is 2.33. The van der Waals surface area contributed by atoms with Gasteiger partial charge >= 0.3 is 6.09 Å². The van der Waals surface area contributed by atoms with Crippen molar-refractivity contribution in [3.63, 3.8) is 0 Å². The lowest BCUT2D eigenvalue weighted by molar-refractivity contribution is -0.113. The SMILES string of the molecule is CS(=O)(=O)OCCC1CN(c2ccc3c(c2)NC(=O)CS3)C(=O)O1. The van der Waals surface area contributed by atoms with E-state index in [9.17, 15) is 18.0 Å². The largest absolute Gasteiger partial charge is 0.444 e. The number of amides is 2. The molecule has 10 heteroatoms. The second kappa shape index (κ2) is 6.61. The van der Waals surface area contributed by atoms with E-state index < -0.39 is 22.3 Å². The Balaban J connectivity index is 1.66. The highest BCUT2D eigenvalue weighted by Crippen LogP contribution is 2.35.